The predicted molar refractivity (Wildman–Crippen MR) is 303 cm³/mol. The maximum atomic E-state index is 9.51. The minimum atomic E-state index is -1.15. The number of ether oxygens (including phenoxy) is 1. The topological polar surface area (TPSA) is 35.9 Å². The molecule has 0 atom stereocenters. The van der Waals surface area contributed by atoms with Gasteiger partial charge in [-0.05, 0) is 122 Å². The molecule has 0 aliphatic heterocycles. The molecule has 1 aliphatic carbocycles. The maximum absolute atomic E-state index is 9.51. The molecule has 9 aromatic carbocycles. The summed E-state index contributed by atoms with van der Waals surface area (Å²) in [5, 5.41) is 1.41. The molecule has 13 rings (SSSR count). The van der Waals surface area contributed by atoms with Gasteiger partial charge in [-0.3, -0.25) is 4.57 Å². The Morgan fingerprint density at radius 2 is 1.23 bits per heavy atom. The van der Waals surface area contributed by atoms with Crippen LogP contribution in [0.25, 0.3) is 77.7 Å². The highest BCUT2D eigenvalue weighted by Crippen LogP contribution is 2.52. The number of fused-ring (bicyclic) bond motifs is 7. The van der Waals surface area contributed by atoms with Gasteiger partial charge in [0.05, 0.1) is 59.0 Å². The zero-order chi connectivity index (χ0) is 65.4. The van der Waals surface area contributed by atoms with Crippen molar-refractivity contribution in [3.8, 4) is 56.4 Å². The first-order chi connectivity index (χ1) is 43.8. The summed E-state index contributed by atoms with van der Waals surface area (Å²) in [5.74, 6) is 0.136. The predicted octanol–water partition coefficient (Wildman–Crippen LogP) is 16.8. The smallest absolute Gasteiger partial charge is 0.244 e. The van der Waals surface area contributed by atoms with Gasteiger partial charge in [0.1, 0.15) is 17.3 Å². The van der Waals surface area contributed by atoms with Crippen LogP contribution in [-0.4, -0.2) is 14.1 Å². The van der Waals surface area contributed by atoms with Crippen molar-refractivity contribution in [2.24, 2.45) is 0 Å². The van der Waals surface area contributed by atoms with Crippen LogP contribution in [0.15, 0.2) is 230 Å². The second kappa shape index (κ2) is 18.7. The molecular weight excluding hydrogens is 901 g/mol. The van der Waals surface area contributed by atoms with Crippen molar-refractivity contribution in [3.05, 3.63) is 264 Å². The van der Waals surface area contributed by atoms with Crippen molar-refractivity contribution in [2.75, 3.05) is 0 Å². The van der Waals surface area contributed by atoms with Gasteiger partial charge >= 0.3 is 0 Å². The first-order valence-electron chi connectivity index (χ1n) is 33.5. The number of pyridine rings is 1. The normalized spacial score (nSPS) is 15.8. The standard InChI is InChI=1S/C69H56N4O/c1-69(2,3)49-39-40-70-66(42-49)73-62-36-15-14-33-60(62)68-61(67-58-31-12-10-28-56(58)57-29-11-13-32-59(57)67)44-52(45-65(68)73)74-51-27-20-26-50(43-51)72-46-71(63-37-16-17-38-64(63)72)41-19-18-30-55-53(47-22-6-4-7-23-47)34-21-35-54(55)48-24-8-5-9-25-48/h4-17,20-29,31-40,42-45,67H,18-19,30,41H2,1-3H3/i4D,5D,6D,7D,8D,9D,10D,11D,12D,13D,22D,23D,24D,25D,28D,29D,31D,32D. The average molecular weight is 975 g/mol. The van der Waals surface area contributed by atoms with Crippen molar-refractivity contribution in [2.45, 2.75) is 57.9 Å². The van der Waals surface area contributed by atoms with Crippen LogP contribution in [0.3, 0.4) is 0 Å². The van der Waals surface area contributed by atoms with E-state index in [-0.39, 0.29) is 68.4 Å². The third-order valence-corrected chi connectivity index (χ3v) is 13.9. The number of benzene rings is 9. The summed E-state index contributed by atoms with van der Waals surface area (Å²) in [6, 6.07) is 26.7. The summed E-state index contributed by atoms with van der Waals surface area (Å²) in [5.41, 5.74) is 6.00. The van der Waals surface area contributed by atoms with E-state index in [1.54, 1.807) is 36.5 Å². The fourth-order valence-electron chi connectivity index (χ4n) is 10.5. The largest absolute Gasteiger partial charge is 0.458 e. The quantitative estimate of drug-likeness (QED) is 0.0695. The number of unbranched alkanes of at least 4 members (excludes halogenated alkanes) is 1. The van der Waals surface area contributed by atoms with Crippen molar-refractivity contribution in [1.82, 2.24) is 14.1 Å². The van der Waals surface area contributed by atoms with Crippen molar-refractivity contribution in [3.63, 3.8) is 0 Å². The average Bonchev–Trinajstić information content (AvgIpc) is 1.53. The van der Waals surface area contributed by atoms with Crippen LogP contribution in [-0.2, 0) is 18.4 Å². The Balaban J connectivity index is 0.911. The fourth-order valence-corrected chi connectivity index (χ4v) is 10.5. The van der Waals surface area contributed by atoms with Gasteiger partial charge in [0.15, 0.2) is 0 Å². The second-order valence-electron chi connectivity index (χ2n) is 19.4. The Kier molecular flexibility index (Phi) is 7.48. The van der Waals surface area contributed by atoms with E-state index < -0.39 is 103 Å². The number of hydrogen-bond donors (Lipinski definition) is 0. The van der Waals surface area contributed by atoms with Crippen molar-refractivity contribution < 1.29 is 34.0 Å². The lowest BCUT2D eigenvalue weighted by atomic mass is 9.86. The van der Waals surface area contributed by atoms with Crippen LogP contribution in [0.4, 0.5) is 0 Å². The van der Waals surface area contributed by atoms with Crippen molar-refractivity contribution in [1.29, 1.82) is 0 Å². The van der Waals surface area contributed by atoms with Crippen LogP contribution < -0.4 is 9.30 Å². The third-order valence-electron chi connectivity index (χ3n) is 13.9. The zero-order valence-electron chi connectivity index (χ0n) is 58.6. The number of aryl methyl sites for hydroxylation is 1. The van der Waals surface area contributed by atoms with E-state index >= 15 is 0 Å². The molecule has 0 amide bonds. The van der Waals surface area contributed by atoms with Crippen LogP contribution in [0.5, 0.6) is 11.5 Å². The molecule has 0 saturated heterocycles. The lowest BCUT2D eigenvalue weighted by molar-refractivity contribution is -0.676. The van der Waals surface area contributed by atoms with Gasteiger partial charge in [-0.2, -0.15) is 0 Å². The highest BCUT2D eigenvalue weighted by Gasteiger charge is 2.33. The minimum absolute atomic E-state index is 0.00427. The Hall–Kier alpha value is -8.80. The molecule has 358 valence electrons. The highest BCUT2D eigenvalue weighted by atomic mass is 16.5. The summed E-state index contributed by atoms with van der Waals surface area (Å²) < 4.78 is 172. The lowest BCUT2D eigenvalue weighted by Crippen LogP contribution is -2.32. The van der Waals surface area contributed by atoms with Gasteiger partial charge in [-0.25, -0.2) is 4.98 Å². The number of para-hydroxylation sites is 3. The number of imidazole rings is 1. The summed E-state index contributed by atoms with van der Waals surface area (Å²) >= 11 is 0. The first-order valence-corrected chi connectivity index (χ1v) is 24.5. The van der Waals surface area contributed by atoms with Crippen LogP contribution >= 0.6 is 0 Å². The van der Waals surface area contributed by atoms with Gasteiger partial charge in [0.25, 0.3) is 0 Å². The first kappa shape index (κ1) is 29.7. The van der Waals surface area contributed by atoms with E-state index in [1.165, 1.54) is 0 Å². The molecule has 0 radical (unpaired) electrons. The van der Waals surface area contributed by atoms with Gasteiger partial charge in [0, 0.05) is 29.0 Å². The van der Waals surface area contributed by atoms with Crippen LogP contribution in [0.1, 0.15) is 92.0 Å². The Morgan fingerprint density at radius 3 is 1.95 bits per heavy atom. The molecule has 0 fully saturated rings. The number of aromatic nitrogens is 4. The van der Waals surface area contributed by atoms with Crippen molar-refractivity contribution >= 4 is 32.8 Å². The van der Waals surface area contributed by atoms with Crippen LogP contribution in [0, 0.1) is 6.33 Å². The summed E-state index contributed by atoms with van der Waals surface area (Å²) in [6.45, 7) is 6.75. The van der Waals surface area contributed by atoms with E-state index in [9.17, 15) is 5.48 Å². The van der Waals surface area contributed by atoms with E-state index in [1.807, 2.05) is 98.6 Å². The van der Waals surface area contributed by atoms with Gasteiger partial charge in [-0.15, -0.1) is 0 Å². The molecule has 5 nitrogen and oxygen atoms in total. The molecule has 12 aromatic rings. The van der Waals surface area contributed by atoms with Gasteiger partial charge in [-0.1, -0.05) is 202 Å². The molecule has 0 spiro atoms. The summed E-state index contributed by atoms with van der Waals surface area (Å²) in [4.78, 5) is 4.92. The molecule has 3 aromatic heterocycles. The minimum Gasteiger partial charge on any atom is -0.458 e. The third kappa shape index (κ3) is 8.06. The molecule has 0 bridgehead atoms. The molecule has 1 aliphatic rings. The van der Waals surface area contributed by atoms with E-state index in [0.29, 0.717) is 64.4 Å². The lowest BCUT2D eigenvalue weighted by Gasteiger charge is -2.20. The second-order valence-corrected chi connectivity index (χ2v) is 19.4. The monoisotopic (exact) mass is 975 g/mol. The Labute approximate surface area is 458 Å². The summed E-state index contributed by atoms with van der Waals surface area (Å²) in [7, 11) is 0. The molecule has 3 heterocycles. The molecular formula is C69H56N4O. The molecule has 0 saturated carbocycles. The fraction of sp³-hybridized carbons (Fsp3) is 0.130. The van der Waals surface area contributed by atoms with Gasteiger partial charge < -0.3 is 13.9 Å². The highest BCUT2D eigenvalue weighted by molar-refractivity contribution is 6.12. The summed E-state index contributed by atoms with van der Waals surface area (Å²) in [6.07, 6.45) is 6.48. The molecule has 0 unspecified atom stereocenters. The Morgan fingerprint density at radius 1 is 0.581 bits per heavy atom. The Bertz CT molecular complexity index is 4930. The molecule has 0 N–H and O–H groups in total. The van der Waals surface area contributed by atoms with Gasteiger partial charge in [0.2, 0.25) is 6.33 Å². The number of hydrogen-bond acceptors (Lipinski definition) is 2. The van der Waals surface area contributed by atoms with E-state index in [2.05, 4.69) is 27.1 Å². The zero-order valence-corrected chi connectivity index (χ0v) is 40.6. The SMILES string of the molecule is [2H]c1c([2H])c([2H])c(-c2cccc(-c3c([2H])c([2H])c([2H])c([2H])c3[2H])c2CCCC[n+]2[c-]n(-c3cccc(Oc4cc(C5c6c([2H])c([2H])c([2H])c([2H])c6-c6c([2H])c([2H])c([2H])c([2H])c65)c5c6ccccc6n(-c6cc(C(C)(C)C)ccn6)c5c4)c3)c3ccccc32)c([2H])c1[2H]. The van der Waals surface area contributed by atoms with E-state index in [4.69, 9.17) is 28.9 Å². The van der Waals surface area contributed by atoms with Crippen LogP contribution in [0.2, 0.25) is 0 Å². The molecule has 74 heavy (non-hydrogen) atoms. The number of nitrogens with zero attached hydrogens (tertiary/aromatic N) is 4. The van der Waals surface area contributed by atoms with E-state index in [0.717, 1.165) is 27.5 Å². The maximum Gasteiger partial charge on any atom is 0.244 e. The number of rotatable bonds is 12. The molecule has 5 heteroatoms.